The number of Topliss-reactive ketones (excluding diaryl/α,β-unsaturated/α-hetero) is 1. The van der Waals surface area contributed by atoms with E-state index in [4.69, 9.17) is 9.47 Å². The Morgan fingerprint density at radius 3 is 2.43 bits per heavy atom. The van der Waals surface area contributed by atoms with Crippen molar-refractivity contribution in [1.29, 1.82) is 0 Å². The molecule has 1 aliphatic heterocycles. The molecule has 4 rings (SSSR count). The summed E-state index contributed by atoms with van der Waals surface area (Å²) >= 11 is 0. The molecule has 3 aromatic carbocycles. The fourth-order valence-electron chi connectivity index (χ4n) is 4.29. The van der Waals surface area contributed by atoms with Gasteiger partial charge in [-0.1, -0.05) is 80.6 Å². The van der Waals surface area contributed by atoms with Crippen molar-refractivity contribution in [1.82, 2.24) is 4.90 Å². The summed E-state index contributed by atoms with van der Waals surface area (Å²) in [5.41, 5.74) is 2.04. The zero-order valence-electron chi connectivity index (χ0n) is 20.9. The van der Waals surface area contributed by atoms with Crippen molar-refractivity contribution < 1.29 is 24.2 Å². The number of hydrogen-bond donors (Lipinski definition) is 1. The van der Waals surface area contributed by atoms with Gasteiger partial charge in [-0.25, -0.2) is 0 Å². The Labute approximate surface area is 217 Å². The maximum absolute atomic E-state index is 13.3. The average molecular weight is 498 g/mol. The van der Waals surface area contributed by atoms with Crippen molar-refractivity contribution in [2.45, 2.75) is 32.4 Å². The van der Waals surface area contributed by atoms with Crippen LogP contribution < -0.4 is 9.47 Å². The predicted octanol–water partition coefficient (Wildman–Crippen LogP) is 6.05. The van der Waals surface area contributed by atoms with Gasteiger partial charge in [-0.05, 0) is 41.8 Å². The van der Waals surface area contributed by atoms with Crippen LogP contribution in [-0.4, -0.2) is 34.9 Å². The first-order valence-electron chi connectivity index (χ1n) is 12.4. The Balaban J connectivity index is 1.76. The molecule has 1 fully saturated rings. The smallest absolute Gasteiger partial charge is 0.295 e. The monoisotopic (exact) mass is 497 g/mol. The lowest BCUT2D eigenvalue weighted by Gasteiger charge is -2.25. The van der Waals surface area contributed by atoms with Gasteiger partial charge in [0.15, 0.2) is 0 Å². The van der Waals surface area contributed by atoms with E-state index >= 15 is 0 Å². The van der Waals surface area contributed by atoms with Gasteiger partial charge in [0.2, 0.25) is 0 Å². The van der Waals surface area contributed by atoms with E-state index in [1.54, 1.807) is 42.5 Å². The summed E-state index contributed by atoms with van der Waals surface area (Å²) in [4.78, 5) is 28.1. The minimum absolute atomic E-state index is 0.0476. The summed E-state index contributed by atoms with van der Waals surface area (Å²) < 4.78 is 11.4. The molecule has 0 saturated carbocycles. The molecular weight excluding hydrogens is 466 g/mol. The number of unbranched alkanes of at least 4 members (excludes halogenated alkanes) is 1. The fraction of sp³-hybridized carbons (Fsp3) is 0.226. The average Bonchev–Trinajstić information content (AvgIpc) is 3.17. The molecule has 1 saturated heterocycles. The predicted molar refractivity (Wildman–Crippen MR) is 143 cm³/mol. The largest absolute Gasteiger partial charge is 0.507 e. The zero-order chi connectivity index (χ0) is 26.2. The van der Waals surface area contributed by atoms with Crippen LogP contribution in [0.2, 0.25) is 0 Å². The Bertz CT molecular complexity index is 1280. The first-order valence-corrected chi connectivity index (χ1v) is 12.4. The highest BCUT2D eigenvalue weighted by atomic mass is 16.5. The fourth-order valence-corrected chi connectivity index (χ4v) is 4.29. The lowest BCUT2D eigenvalue weighted by Crippen LogP contribution is -2.29. The molecule has 6 nitrogen and oxygen atoms in total. The summed E-state index contributed by atoms with van der Waals surface area (Å²) in [6.07, 6.45) is 3.57. The zero-order valence-corrected chi connectivity index (χ0v) is 20.9. The lowest BCUT2D eigenvalue weighted by molar-refractivity contribution is -0.140. The van der Waals surface area contributed by atoms with E-state index in [9.17, 15) is 14.7 Å². The molecule has 1 amide bonds. The number of nitrogens with zero attached hydrogens (tertiary/aromatic N) is 1. The molecule has 3 aromatic rings. The molecule has 1 unspecified atom stereocenters. The number of ketones is 1. The van der Waals surface area contributed by atoms with Crippen molar-refractivity contribution >= 4 is 17.4 Å². The summed E-state index contributed by atoms with van der Waals surface area (Å²) in [5.74, 6) is -0.371. The molecule has 37 heavy (non-hydrogen) atoms. The van der Waals surface area contributed by atoms with Gasteiger partial charge >= 0.3 is 0 Å². The number of aliphatic hydroxyl groups excluding tert-OH is 1. The molecular formula is C31H31NO5. The van der Waals surface area contributed by atoms with Crippen molar-refractivity contribution in [2.24, 2.45) is 0 Å². The van der Waals surface area contributed by atoms with Crippen LogP contribution in [0.5, 0.6) is 11.5 Å². The summed E-state index contributed by atoms with van der Waals surface area (Å²) in [6.45, 7) is 6.89. The van der Waals surface area contributed by atoms with Crippen LogP contribution in [0, 0.1) is 0 Å². The Hall–Kier alpha value is -4.32. The molecule has 0 spiro atoms. The number of carbonyl (C=O) groups excluding carboxylic acids is 2. The Kier molecular flexibility index (Phi) is 8.41. The Morgan fingerprint density at radius 1 is 0.973 bits per heavy atom. The topological polar surface area (TPSA) is 76.1 Å². The van der Waals surface area contributed by atoms with Crippen LogP contribution in [-0.2, 0) is 16.1 Å². The van der Waals surface area contributed by atoms with Gasteiger partial charge in [0.05, 0.1) is 18.2 Å². The van der Waals surface area contributed by atoms with Gasteiger partial charge in [0, 0.05) is 12.1 Å². The number of likely N-dealkylation sites (tertiary alicyclic amines) is 1. The molecule has 0 radical (unpaired) electrons. The number of hydrogen-bond acceptors (Lipinski definition) is 5. The van der Waals surface area contributed by atoms with Gasteiger partial charge in [0.25, 0.3) is 11.7 Å². The molecule has 1 atom stereocenters. The number of carbonyl (C=O) groups is 2. The van der Waals surface area contributed by atoms with Crippen molar-refractivity contribution in [3.63, 3.8) is 0 Å². The van der Waals surface area contributed by atoms with Gasteiger partial charge < -0.3 is 19.5 Å². The van der Waals surface area contributed by atoms with Crippen LogP contribution >= 0.6 is 0 Å². The SMILES string of the molecule is C=CCOc1ccc(C2/C(=C(\O)c3cccc(OCCCC)c3)C(=O)C(=O)N2Cc2ccccc2)cc1. The van der Waals surface area contributed by atoms with E-state index < -0.39 is 17.7 Å². The van der Waals surface area contributed by atoms with Crippen LogP contribution in [0.3, 0.4) is 0 Å². The first kappa shape index (κ1) is 25.8. The molecule has 190 valence electrons. The molecule has 0 aliphatic carbocycles. The van der Waals surface area contributed by atoms with Crippen molar-refractivity contribution in [3.05, 3.63) is 114 Å². The highest BCUT2D eigenvalue weighted by molar-refractivity contribution is 6.46. The van der Waals surface area contributed by atoms with Gasteiger partial charge in [-0.3, -0.25) is 9.59 Å². The lowest BCUT2D eigenvalue weighted by atomic mass is 9.95. The Morgan fingerprint density at radius 2 is 1.73 bits per heavy atom. The number of aliphatic hydroxyl groups is 1. The van der Waals surface area contributed by atoms with Crippen LogP contribution in [0.4, 0.5) is 0 Å². The van der Waals surface area contributed by atoms with E-state index in [0.29, 0.717) is 35.8 Å². The second-order valence-corrected chi connectivity index (χ2v) is 8.81. The van der Waals surface area contributed by atoms with Crippen LogP contribution in [0.15, 0.2) is 97.1 Å². The van der Waals surface area contributed by atoms with Gasteiger partial charge in [-0.2, -0.15) is 0 Å². The van der Waals surface area contributed by atoms with Crippen molar-refractivity contribution in [3.8, 4) is 11.5 Å². The second-order valence-electron chi connectivity index (χ2n) is 8.81. The van der Waals surface area contributed by atoms with Crippen LogP contribution in [0.25, 0.3) is 5.76 Å². The molecule has 6 heteroatoms. The van der Waals surface area contributed by atoms with E-state index in [1.807, 2.05) is 42.5 Å². The normalized spacial score (nSPS) is 16.6. The van der Waals surface area contributed by atoms with Crippen molar-refractivity contribution in [2.75, 3.05) is 13.2 Å². The van der Waals surface area contributed by atoms with Gasteiger partial charge in [-0.15, -0.1) is 0 Å². The summed E-state index contributed by atoms with van der Waals surface area (Å²) in [6, 6.07) is 22.9. The van der Waals surface area contributed by atoms with E-state index in [2.05, 4.69) is 13.5 Å². The van der Waals surface area contributed by atoms with Gasteiger partial charge in [0.1, 0.15) is 23.9 Å². The minimum Gasteiger partial charge on any atom is -0.507 e. The summed E-state index contributed by atoms with van der Waals surface area (Å²) in [5, 5.41) is 11.4. The highest BCUT2D eigenvalue weighted by Gasteiger charge is 2.46. The molecule has 1 N–H and O–H groups in total. The minimum atomic E-state index is -0.765. The third-order valence-electron chi connectivity index (χ3n) is 6.17. The molecule has 0 aromatic heterocycles. The first-order chi connectivity index (χ1) is 18.0. The third kappa shape index (κ3) is 5.92. The standard InChI is InChI=1S/C31H31NO5/c1-3-5-19-37-26-13-9-12-24(20-26)29(33)27-28(23-14-16-25(17-15-23)36-18-4-2)32(31(35)30(27)34)21-22-10-7-6-8-11-22/h4,6-17,20,28,33H,2-3,5,18-19,21H2,1H3/b29-27+. The maximum Gasteiger partial charge on any atom is 0.295 e. The number of rotatable bonds is 11. The highest BCUT2D eigenvalue weighted by Crippen LogP contribution is 2.41. The number of benzene rings is 3. The van der Waals surface area contributed by atoms with E-state index in [-0.39, 0.29) is 17.9 Å². The number of ether oxygens (including phenoxy) is 2. The third-order valence-corrected chi connectivity index (χ3v) is 6.17. The van der Waals surface area contributed by atoms with Crippen LogP contribution in [0.1, 0.15) is 42.5 Å². The quantitative estimate of drug-likeness (QED) is 0.115. The molecule has 1 aliphatic rings. The van der Waals surface area contributed by atoms with E-state index in [0.717, 1.165) is 18.4 Å². The molecule has 1 heterocycles. The maximum atomic E-state index is 13.3. The summed E-state index contributed by atoms with van der Waals surface area (Å²) in [7, 11) is 0. The van der Waals surface area contributed by atoms with E-state index in [1.165, 1.54) is 4.90 Å². The second kappa shape index (κ2) is 12.1. The number of amides is 1. The molecule has 0 bridgehead atoms.